The Balaban J connectivity index is 2.11. The fourth-order valence-corrected chi connectivity index (χ4v) is 3.37. The molecule has 0 amide bonds. The van der Waals surface area contributed by atoms with E-state index < -0.39 is 10.0 Å². The molecule has 2 aromatic rings. The number of hydrogen-bond acceptors (Lipinski definition) is 4. The lowest BCUT2D eigenvalue weighted by Gasteiger charge is -2.11. The van der Waals surface area contributed by atoms with Crippen molar-refractivity contribution in [1.82, 2.24) is 4.72 Å². The van der Waals surface area contributed by atoms with Crippen molar-refractivity contribution < 1.29 is 17.9 Å². The minimum Gasteiger partial charge on any atom is -0.497 e. The molecule has 0 aliphatic rings. The first-order valence-electron chi connectivity index (χ1n) is 7.51. The maximum absolute atomic E-state index is 12.5. The summed E-state index contributed by atoms with van der Waals surface area (Å²) in [7, 11) is -2.03. The van der Waals surface area contributed by atoms with Gasteiger partial charge < -0.3 is 9.47 Å². The molecule has 2 aromatic carbocycles. The Morgan fingerprint density at radius 2 is 1.83 bits per heavy atom. The van der Waals surface area contributed by atoms with Crippen LogP contribution in [-0.2, 0) is 16.6 Å². The molecule has 7 heteroatoms. The van der Waals surface area contributed by atoms with Gasteiger partial charge in [0, 0.05) is 12.6 Å². The van der Waals surface area contributed by atoms with E-state index in [4.69, 9.17) is 9.47 Å². The van der Waals surface area contributed by atoms with Gasteiger partial charge in [-0.1, -0.05) is 19.1 Å². The van der Waals surface area contributed by atoms with E-state index in [1.807, 2.05) is 19.1 Å². The molecule has 0 radical (unpaired) electrons. The van der Waals surface area contributed by atoms with Crippen LogP contribution in [0.5, 0.6) is 11.5 Å². The van der Waals surface area contributed by atoms with Gasteiger partial charge in [0.05, 0.1) is 23.1 Å². The third-order valence-corrected chi connectivity index (χ3v) is 5.35. The zero-order chi connectivity index (χ0) is 17.6. The van der Waals surface area contributed by atoms with Crippen molar-refractivity contribution in [3.8, 4) is 11.5 Å². The Bertz CT molecular complexity index is 776. The topological polar surface area (TPSA) is 64.6 Å². The molecule has 1 N–H and O–H groups in total. The normalized spacial score (nSPS) is 11.3. The standard InChI is InChI=1S/C17H20BrNO4S/c1-3-10-23-17-11-15(8-9-16(17)18)24(20,21)19-12-13-4-6-14(22-2)7-5-13/h4-9,11,19H,3,10,12H2,1-2H3. The average Bonchev–Trinajstić information content (AvgIpc) is 2.59. The van der Waals surface area contributed by atoms with Crippen molar-refractivity contribution in [2.75, 3.05) is 13.7 Å². The summed E-state index contributed by atoms with van der Waals surface area (Å²) in [6, 6.07) is 12.0. The van der Waals surface area contributed by atoms with Crippen LogP contribution in [0.4, 0.5) is 0 Å². The van der Waals surface area contributed by atoms with Crippen LogP contribution < -0.4 is 14.2 Å². The van der Waals surface area contributed by atoms with Crippen molar-refractivity contribution in [3.05, 3.63) is 52.5 Å². The first-order chi connectivity index (χ1) is 11.5. The zero-order valence-electron chi connectivity index (χ0n) is 13.6. The van der Waals surface area contributed by atoms with Crippen molar-refractivity contribution >= 4 is 26.0 Å². The summed E-state index contributed by atoms with van der Waals surface area (Å²) in [6.45, 7) is 2.72. The van der Waals surface area contributed by atoms with Crippen molar-refractivity contribution in [1.29, 1.82) is 0 Å². The fourth-order valence-electron chi connectivity index (χ4n) is 1.98. The van der Waals surface area contributed by atoms with E-state index in [0.717, 1.165) is 22.2 Å². The molecule has 0 unspecified atom stereocenters. The van der Waals surface area contributed by atoms with E-state index in [1.165, 1.54) is 6.07 Å². The first-order valence-corrected chi connectivity index (χ1v) is 9.79. The summed E-state index contributed by atoms with van der Waals surface area (Å²) in [5.41, 5.74) is 0.846. The van der Waals surface area contributed by atoms with E-state index in [-0.39, 0.29) is 11.4 Å². The molecule has 0 bridgehead atoms. The smallest absolute Gasteiger partial charge is 0.241 e. The number of rotatable bonds is 8. The van der Waals surface area contributed by atoms with Crippen molar-refractivity contribution in [2.45, 2.75) is 24.8 Å². The predicted octanol–water partition coefficient (Wildman–Crippen LogP) is 3.73. The summed E-state index contributed by atoms with van der Waals surface area (Å²) in [5.74, 6) is 1.25. The van der Waals surface area contributed by atoms with Crippen LogP contribution in [0.2, 0.25) is 0 Å². The molecule has 5 nitrogen and oxygen atoms in total. The zero-order valence-corrected chi connectivity index (χ0v) is 16.0. The largest absolute Gasteiger partial charge is 0.497 e. The summed E-state index contributed by atoms with van der Waals surface area (Å²) in [5, 5.41) is 0. The van der Waals surface area contributed by atoms with Crippen LogP contribution in [-0.4, -0.2) is 22.1 Å². The lowest BCUT2D eigenvalue weighted by molar-refractivity contribution is 0.314. The second-order valence-electron chi connectivity index (χ2n) is 5.11. The number of halogens is 1. The number of benzene rings is 2. The Kier molecular flexibility index (Phi) is 6.65. The summed E-state index contributed by atoms with van der Waals surface area (Å²) in [4.78, 5) is 0.172. The quantitative estimate of drug-likeness (QED) is 0.715. The molecule has 0 aliphatic carbocycles. The SMILES string of the molecule is CCCOc1cc(S(=O)(=O)NCc2ccc(OC)cc2)ccc1Br. The molecular weight excluding hydrogens is 394 g/mol. The van der Waals surface area contributed by atoms with Gasteiger partial charge in [-0.3, -0.25) is 0 Å². The first kappa shape index (κ1) is 18.8. The van der Waals surface area contributed by atoms with E-state index in [2.05, 4.69) is 20.7 Å². The third kappa shape index (κ3) is 4.96. The van der Waals surface area contributed by atoms with Gasteiger partial charge >= 0.3 is 0 Å². The molecule has 0 atom stereocenters. The van der Waals surface area contributed by atoms with Gasteiger partial charge in [0.2, 0.25) is 10.0 Å². The van der Waals surface area contributed by atoms with E-state index in [1.54, 1.807) is 31.4 Å². The monoisotopic (exact) mass is 413 g/mol. The molecular formula is C17H20BrNO4S. The van der Waals surface area contributed by atoms with Gasteiger partial charge in [0.25, 0.3) is 0 Å². The minimum absolute atomic E-state index is 0.172. The highest BCUT2D eigenvalue weighted by Crippen LogP contribution is 2.28. The Morgan fingerprint density at radius 1 is 1.12 bits per heavy atom. The second-order valence-corrected chi connectivity index (χ2v) is 7.73. The Labute approximate surface area is 151 Å². The Hall–Kier alpha value is -1.57. The molecule has 0 aromatic heterocycles. The number of hydrogen-bond donors (Lipinski definition) is 1. The molecule has 0 aliphatic heterocycles. The molecule has 130 valence electrons. The Morgan fingerprint density at radius 3 is 2.46 bits per heavy atom. The van der Waals surface area contributed by atoms with Gasteiger partial charge in [-0.25, -0.2) is 13.1 Å². The third-order valence-electron chi connectivity index (χ3n) is 3.30. The molecule has 0 fully saturated rings. The number of sulfonamides is 1. The van der Waals surface area contributed by atoms with Crippen LogP contribution in [0.3, 0.4) is 0 Å². The average molecular weight is 414 g/mol. The summed E-state index contributed by atoms with van der Waals surface area (Å²) in [6.07, 6.45) is 0.846. The van der Waals surface area contributed by atoms with Gasteiger partial charge in [0.15, 0.2) is 0 Å². The van der Waals surface area contributed by atoms with E-state index >= 15 is 0 Å². The molecule has 0 saturated heterocycles. The number of methoxy groups -OCH3 is 1. The van der Waals surface area contributed by atoms with E-state index in [0.29, 0.717) is 12.4 Å². The highest BCUT2D eigenvalue weighted by Gasteiger charge is 2.16. The van der Waals surface area contributed by atoms with Crippen molar-refractivity contribution in [2.24, 2.45) is 0 Å². The predicted molar refractivity (Wildman–Crippen MR) is 96.9 cm³/mol. The number of nitrogens with one attached hydrogen (secondary N) is 1. The lowest BCUT2D eigenvalue weighted by atomic mass is 10.2. The second kappa shape index (κ2) is 8.50. The molecule has 2 rings (SSSR count). The molecule has 24 heavy (non-hydrogen) atoms. The van der Waals surface area contributed by atoms with Crippen LogP contribution in [0.25, 0.3) is 0 Å². The molecule has 0 spiro atoms. The highest BCUT2D eigenvalue weighted by molar-refractivity contribution is 9.10. The maximum atomic E-state index is 12.5. The summed E-state index contributed by atoms with van der Waals surface area (Å²) >= 11 is 3.36. The number of ether oxygens (including phenoxy) is 2. The van der Waals surface area contributed by atoms with Crippen LogP contribution in [0.15, 0.2) is 51.8 Å². The van der Waals surface area contributed by atoms with Crippen LogP contribution in [0, 0.1) is 0 Å². The maximum Gasteiger partial charge on any atom is 0.241 e. The molecule has 0 heterocycles. The van der Waals surface area contributed by atoms with Gasteiger partial charge in [0.1, 0.15) is 11.5 Å². The summed E-state index contributed by atoms with van der Waals surface area (Å²) < 4.78 is 38.9. The highest BCUT2D eigenvalue weighted by atomic mass is 79.9. The fraction of sp³-hybridized carbons (Fsp3) is 0.294. The minimum atomic E-state index is -3.62. The van der Waals surface area contributed by atoms with Gasteiger partial charge in [-0.15, -0.1) is 0 Å². The van der Waals surface area contributed by atoms with E-state index in [9.17, 15) is 8.42 Å². The van der Waals surface area contributed by atoms with Crippen molar-refractivity contribution in [3.63, 3.8) is 0 Å². The molecule has 0 saturated carbocycles. The van der Waals surface area contributed by atoms with Gasteiger partial charge in [-0.2, -0.15) is 0 Å². The lowest BCUT2D eigenvalue weighted by Crippen LogP contribution is -2.23. The van der Waals surface area contributed by atoms with Crippen LogP contribution >= 0.6 is 15.9 Å². The van der Waals surface area contributed by atoms with Gasteiger partial charge in [-0.05, 0) is 52.2 Å². The van der Waals surface area contributed by atoms with Crippen LogP contribution in [0.1, 0.15) is 18.9 Å².